The van der Waals surface area contributed by atoms with Gasteiger partial charge in [-0.15, -0.1) is 0 Å². The van der Waals surface area contributed by atoms with Crippen LogP contribution in [0.3, 0.4) is 0 Å². The zero-order chi connectivity index (χ0) is 14.6. The molecule has 1 rings (SSSR count). The van der Waals surface area contributed by atoms with Crippen LogP contribution in [0.25, 0.3) is 0 Å². The molecule has 0 aromatic carbocycles. The largest absolute Gasteiger partial charge is 0.366 e. The lowest BCUT2D eigenvalue weighted by molar-refractivity contribution is 0.1000. The molecule has 5 heteroatoms. The van der Waals surface area contributed by atoms with Crippen LogP contribution in [0.5, 0.6) is 0 Å². The second kappa shape index (κ2) is 6.52. The highest BCUT2D eigenvalue weighted by atomic mass is 16.1. The van der Waals surface area contributed by atoms with E-state index in [2.05, 4.69) is 24.1 Å². The summed E-state index contributed by atoms with van der Waals surface area (Å²) in [6.07, 6.45) is 0.824. The summed E-state index contributed by atoms with van der Waals surface area (Å²) in [5.74, 6) is 0.506. The first-order valence-electron chi connectivity index (χ1n) is 6.61. The summed E-state index contributed by atoms with van der Waals surface area (Å²) in [6, 6.07) is 2.04. The molecular weight excluding hydrogens is 240 g/mol. The van der Waals surface area contributed by atoms with E-state index >= 15 is 0 Å². The van der Waals surface area contributed by atoms with Crippen molar-refractivity contribution in [2.45, 2.75) is 40.2 Å². The molecule has 1 atom stereocenters. The number of nitrogens with one attached hydrogen (secondary N) is 1. The van der Waals surface area contributed by atoms with Crippen LogP contribution < -0.4 is 16.8 Å². The number of anilines is 1. The Morgan fingerprint density at radius 3 is 2.53 bits per heavy atom. The molecule has 1 aromatic heterocycles. The molecule has 1 aromatic rings. The molecule has 0 aliphatic rings. The molecule has 1 amide bonds. The van der Waals surface area contributed by atoms with Gasteiger partial charge in [0.1, 0.15) is 5.82 Å². The fraction of sp³-hybridized carbons (Fsp3) is 0.571. The second-order valence-electron chi connectivity index (χ2n) is 5.24. The number of aryl methyl sites for hydroxylation is 2. The molecule has 5 N–H and O–H groups in total. The molecule has 0 spiro atoms. The number of hydrogen-bond donors (Lipinski definition) is 3. The highest BCUT2D eigenvalue weighted by Crippen LogP contribution is 2.21. The van der Waals surface area contributed by atoms with Crippen molar-refractivity contribution in [2.75, 3.05) is 11.9 Å². The summed E-state index contributed by atoms with van der Waals surface area (Å²) >= 11 is 0. The van der Waals surface area contributed by atoms with Crippen molar-refractivity contribution < 1.29 is 4.79 Å². The van der Waals surface area contributed by atoms with Crippen molar-refractivity contribution in [3.63, 3.8) is 0 Å². The van der Waals surface area contributed by atoms with Gasteiger partial charge in [-0.25, -0.2) is 4.98 Å². The molecule has 0 radical (unpaired) electrons. The summed E-state index contributed by atoms with van der Waals surface area (Å²) in [5, 5.41) is 3.32. The molecule has 19 heavy (non-hydrogen) atoms. The first-order chi connectivity index (χ1) is 8.86. The van der Waals surface area contributed by atoms with Crippen molar-refractivity contribution in [1.29, 1.82) is 0 Å². The van der Waals surface area contributed by atoms with Gasteiger partial charge in [0.25, 0.3) is 5.91 Å². The van der Waals surface area contributed by atoms with Gasteiger partial charge in [-0.2, -0.15) is 0 Å². The van der Waals surface area contributed by atoms with Gasteiger partial charge in [0, 0.05) is 11.7 Å². The Morgan fingerprint density at radius 1 is 1.42 bits per heavy atom. The zero-order valence-electron chi connectivity index (χ0n) is 12.2. The van der Waals surface area contributed by atoms with Crippen molar-refractivity contribution in [3.8, 4) is 0 Å². The molecule has 0 fully saturated rings. The maximum atomic E-state index is 11.6. The van der Waals surface area contributed by atoms with Crippen LogP contribution in [0, 0.1) is 19.8 Å². The molecule has 0 aliphatic heterocycles. The predicted molar refractivity (Wildman–Crippen MR) is 78.1 cm³/mol. The molecule has 1 heterocycles. The van der Waals surface area contributed by atoms with Crippen LogP contribution in [-0.2, 0) is 0 Å². The third-order valence-electron chi connectivity index (χ3n) is 3.20. The average Bonchev–Trinajstić information content (AvgIpc) is 2.26. The average molecular weight is 264 g/mol. The standard InChI is InChI=1S/C14H24N4O/c1-8(2)11(5-6-15)18-14-12(13(16)19)9(3)7-10(4)17-14/h7-8,11H,5-6,15H2,1-4H3,(H2,16,19)(H,17,18). The Kier molecular flexibility index (Phi) is 5.30. The highest BCUT2D eigenvalue weighted by Gasteiger charge is 2.19. The van der Waals surface area contributed by atoms with Gasteiger partial charge in [-0.05, 0) is 44.4 Å². The minimum Gasteiger partial charge on any atom is -0.366 e. The van der Waals surface area contributed by atoms with Gasteiger partial charge in [0.15, 0.2) is 0 Å². The predicted octanol–water partition coefficient (Wildman–Crippen LogP) is 1.58. The number of amides is 1. The van der Waals surface area contributed by atoms with Gasteiger partial charge in [0.05, 0.1) is 5.56 Å². The van der Waals surface area contributed by atoms with Crippen LogP contribution in [0.2, 0.25) is 0 Å². The van der Waals surface area contributed by atoms with Crippen molar-refractivity contribution >= 4 is 11.7 Å². The number of rotatable bonds is 6. The first-order valence-corrected chi connectivity index (χ1v) is 6.61. The van der Waals surface area contributed by atoms with E-state index < -0.39 is 5.91 Å². The van der Waals surface area contributed by atoms with E-state index in [1.807, 2.05) is 19.9 Å². The summed E-state index contributed by atoms with van der Waals surface area (Å²) in [4.78, 5) is 16.0. The van der Waals surface area contributed by atoms with E-state index in [0.29, 0.717) is 23.8 Å². The molecule has 0 aliphatic carbocycles. The number of carbonyl (C=O) groups excluding carboxylic acids is 1. The number of aromatic nitrogens is 1. The zero-order valence-corrected chi connectivity index (χ0v) is 12.2. The quantitative estimate of drug-likeness (QED) is 0.727. The topological polar surface area (TPSA) is 94.0 Å². The van der Waals surface area contributed by atoms with Crippen LogP contribution in [0.15, 0.2) is 6.07 Å². The lowest BCUT2D eigenvalue weighted by atomic mass is 10.00. The number of nitrogens with two attached hydrogens (primary N) is 2. The van der Waals surface area contributed by atoms with E-state index in [-0.39, 0.29) is 6.04 Å². The Hall–Kier alpha value is -1.62. The Labute approximate surface area is 114 Å². The van der Waals surface area contributed by atoms with Crippen LogP contribution >= 0.6 is 0 Å². The summed E-state index contributed by atoms with van der Waals surface area (Å²) in [6.45, 7) is 8.58. The number of hydrogen-bond acceptors (Lipinski definition) is 4. The number of nitrogens with zero attached hydrogens (tertiary/aromatic N) is 1. The van der Waals surface area contributed by atoms with Crippen LogP contribution in [0.1, 0.15) is 41.9 Å². The third-order valence-corrected chi connectivity index (χ3v) is 3.20. The van der Waals surface area contributed by atoms with Gasteiger partial charge >= 0.3 is 0 Å². The van der Waals surface area contributed by atoms with E-state index in [4.69, 9.17) is 11.5 Å². The second-order valence-corrected chi connectivity index (χ2v) is 5.24. The SMILES string of the molecule is Cc1cc(C)c(C(N)=O)c(NC(CCN)C(C)C)n1. The summed E-state index contributed by atoms with van der Waals surface area (Å²) < 4.78 is 0. The fourth-order valence-electron chi connectivity index (χ4n) is 2.18. The maximum absolute atomic E-state index is 11.6. The van der Waals surface area contributed by atoms with Gasteiger partial charge in [0.2, 0.25) is 0 Å². The summed E-state index contributed by atoms with van der Waals surface area (Å²) in [5.41, 5.74) is 13.2. The van der Waals surface area contributed by atoms with Crippen LogP contribution in [0.4, 0.5) is 5.82 Å². The lowest BCUT2D eigenvalue weighted by Gasteiger charge is -2.24. The summed E-state index contributed by atoms with van der Waals surface area (Å²) in [7, 11) is 0. The fourth-order valence-corrected chi connectivity index (χ4v) is 2.18. The van der Waals surface area contributed by atoms with Crippen molar-refractivity contribution in [2.24, 2.45) is 17.4 Å². The molecule has 5 nitrogen and oxygen atoms in total. The number of pyridine rings is 1. The molecule has 1 unspecified atom stereocenters. The minimum absolute atomic E-state index is 0.178. The minimum atomic E-state index is -0.456. The first kappa shape index (κ1) is 15.4. The monoisotopic (exact) mass is 264 g/mol. The molecule has 0 saturated carbocycles. The van der Waals surface area contributed by atoms with Gasteiger partial charge < -0.3 is 16.8 Å². The van der Waals surface area contributed by atoms with Crippen molar-refractivity contribution in [3.05, 3.63) is 22.9 Å². The normalized spacial score (nSPS) is 12.5. The molecule has 0 bridgehead atoms. The van der Waals surface area contributed by atoms with Crippen LogP contribution in [-0.4, -0.2) is 23.5 Å². The Morgan fingerprint density at radius 2 is 2.05 bits per heavy atom. The van der Waals surface area contributed by atoms with Crippen molar-refractivity contribution in [1.82, 2.24) is 4.98 Å². The molecule has 106 valence electrons. The third kappa shape index (κ3) is 3.92. The Bertz CT molecular complexity index is 457. The van der Waals surface area contributed by atoms with E-state index in [1.165, 1.54) is 0 Å². The molecule has 0 saturated heterocycles. The smallest absolute Gasteiger partial charge is 0.252 e. The highest BCUT2D eigenvalue weighted by molar-refractivity contribution is 5.99. The van der Waals surface area contributed by atoms with Gasteiger partial charge in [-0.1, -0.05) is 13.8 Å². The van der Waals surface area contributed by atoms with E-state index in [1.54, 1.807) is 0 Å². The van der Waals surface area contributed by atoms with E-state index in [0.717, 1.165) is 17.7 Å². The van der Waals surface area contributed by atoms with E-state index in [9.17, 15) is 4.79 Å². The Balaban J connectivity index is 3.14. The van der Waals surface area contributed by atoms with Gasteiger partial charge in [-0.3, -0.25) is 4.79 Å². The lowest BCUT2D eigenvalue weighted by Crippen LogP contribution is -2.30. The number of carbonyl (C=O) groups is 1. The maximum Gasteiger partial charge on any atom is 0.252 e. The number of primary amides is 1. The molecular formula is C14H24N4O.